The van der Waals surface area contributed by atoms with Gasteiger partial charge in [0, 0.05) is 18.1 Å². The number of likely N-dealkylation sites (tertiary alicyclic amines) is 1. The van der Waals surface area contributed by atoms with Gasteiger partial charge in [0.15, 0.2) is 0 Å². The Balaban J connectivity index is 2.45. The minimum Gasteiger partial charge on any atom is -0.324 e. The van der Waals surface area contributed by atoms with E-state index in [-0.39, 0.29) is 5.54 Å². The van der Waals surface area contributed by atoms with Crippen LogP contribution in [0.15, 0.2) is 0 Å². The molecule has 0 aliphatic carbocycles. The van der Waals surface area contributed by atoms with E-state index in [4.69, 9.17) is 5.73 Å². The summed E-state index contributed by atoms with van der Waals surface area (Å²) < 4.78 is 0. The van der Waals surface area contributed by atoms with Gasteiger partial charge in [-0.3, -0.25) is 4.90 Å². The maximum absolute atomic E-state index is 6.08. The Morgan fingerprint density at radius 3 is 2.64 bits per heavy atom. The fourth-order valence-corrected chi connectivity index (χ4v) is 2.45. The largest absolute Gasteiger partial charge is 0.324 e. The summed E-state index contributed by atoms with van der Waals surface area (Å²) in [5.41, 5.74) is 6.04. The Morgan fingerprint density at radius 1 is 1.36 bits per heavy atom. The van der Waals surface area contributed by atoms with Crippen LogP contribution in [-0.2, 0) is 0 Å². The molecule has 1 unspecified atom stereocenters. The van der Waals surface area contributed by atoms with E-state index in [1.54, 1.807) is 0 Å². The minimum absolute atomic E-state index is 0.0384. The van der Waals surface area contributed by atoms with Crippen molar-refractivity contribution < 1.29 is 0 Å². The summed E-state index contributed by atoms with van der Waals surface area (Å²) in [6, 6.07) is 0.802. The second kappa shape index (κ2) is 5.13. The first-order valence-corrected chi connectivity index (χ1v) is 6.06. The van der Waals surface area contributed by atoms with Gasteiger partial charge in [-0.05, 0) is 39.7 Å². The molecule has 2 heteroatoms. The molecule has 1 atom stereocenters. The smallest absolute Gasteiger partial charge is 0.0226 e. The second-order valence-corrected chi connectivity index (χ2v) is 5.40. The van der Waals surface area contributed by atoms with Gasteiger partial charge in [-0.15, -0.1) is 0 Å². The van der Waals surface area contributed by atoms with Crippen molar-refractivity contribution in [2.24, 2.45) is 5.73 Å². The monoisotopic (exact) mass is 198 g/mol. The van der Waals surface area contributed by atoms with Crippen LogP contribution in [-0.4, -0.2) is 29.6 Å². The van der Waals surface area contributed by atoms with Crippen LogP contribution in [0.5, 0.6) is 0 Å². The highest BCUT2D eigenvalue weighted by Crippen LogP contribution is 2.22. The van der Waals surface area contributed by atoms with Crippen molar-refractivity contribution in [1.82, 2.24) is 4.90 Å². The highest BCUT2D eigenvalue weighted by atomic mass is 15.2. The van der Waals surface area contributed by atoms with Gasteiger partial charge in [0.2, 0.25) is 0 Å². The molecule has 0 amide bonds. The third-order valence-corrected chi connectivity index (χ3v) is 2.98. The number of hydrogen-bond acceptors (Lipinski definition) is 2. The summed E-state index contributed by atoms with van der Waals surface area (Å²) in [5, 5.41) is 0. The van der Waals surface area contributed by atoms with E-state index in [1.807, 2.05) is 0 Å². The van der Waals surface area contributed by atoms with Gasteiger partial charge in [0.1, 0.15) is 0 Å². The molecule has 84 valence electrons. The van der Waals surface area contributed by atoms with Gasteiger partial charge >= 0.3 is 0 Å². The van der Waals surface area contributed by atoms with Crippen LogP contribution >= 0.6 is 0 Å². The standard InChI is InChI=1S/C12H26N2/c1-4-7-11-8-5-6-9-14(11)10-12(2,3)13/h11H,4-10,13H2,1-3H3. The predicted molar refractivity (Wildman–Crippen MR) is 62.4 cm³/mol. The van der Waals surface area contributed by atoms with Crippen molar-refractivity contribution in [2.45, 2.75) is 64.5 Å². The van der Waals surface area contributed by atoms with E-state index in [0.717, 1.165) is 12.6 Å². The van der Waals surface area contributed by atoms with Gasteiger partial charge < -0.3 is 5.73 Å². The van der Waals surface area contributed by atoms with Crippen LogP contribution in [0.4, 0.5) is 0 Å². The Bertz CT molecular complexity index is 158. The Kier molecular flexibility index (Phi) is 4.39. The molecule has 0 aromatic rings. The van der Waals surface area contributed by atoms with Crippen LogP contribution in [0.1, 0.15) is 52.9 Å². The topological polar surface area (TPSA) is 29.3 Å². The molecular weight excluding hydrogens is 172 g/mol. The zero-order chi connectivity index (χ0) is 10.6. The Morgan fingerprint density at radius 2 is 2.07 bits per heavy atom. The maximum Gasteiger partial charge on any atom is 0.0226 e. The average Bonchev–Trinajstić information content (AvgIpc) is 2.06. The number of hydrogen-bond donors (Lipinski definition) is 1. The Hall–Kier alpha value is -0.0800. The van der Waals surface area contributed by atoms with Crippen molar-refractivity contribution in [3.63, 3.8) is 0 Å². The molecule has 2 N–H and O–H groups in total. The summed E-state index contributed by atoms with van der Waals surface area (Å²) in [5.74, 6) is 0. The molecule has 14 heavy (non-hydrogen) atoms. The van der Waals surface area contributed by atoms with Gasteiger partial charge in [-0.25, -0.2) is 0 Å². The first-order valence-electron chi connectivity index (χ1n) is 6.06. The zero-order valence-electron chi connectivity index (χ0n) is 10.1. The van der Waals surface area contributed by atoms with E-state index in [9.17, 15) is 0 Å². The fourth-order valence-electron chi connectivity index (χ4n) is 2.45. The molecule has 1 aliphatic rings. The summed E-state index contributed by atoms with van der Waals surface area (Å²) >= 11 is 0. The molecule has 1 fully saturated rings. The molecule has 0 spiro atoms. The van der Waals surface area contributed by atoms with Crippen LogP contribution < -0.4 is 5.73 Å². The van der Waals surface area contributed by atoms with Crippen molar-refractivity contribution >= 4 is 0 Å². The summed E-state index contributed by atoms with van der Waals surface area (Å²) in [7, 11) is 0. The summed E-state index contributed by atoms with van der Waals surface area (Å²) in [6.07, 6.45) is 6.79. The van der Waals surface area contributed by atoms with Gasteiger partial charge in [0.25, 0.3) is 0 Å². The van der Waals surface area contributed by atoms with E-state index >= 15 is 0 Å². The highest BCUT2D eigenvalue weighted by Gasteiger charge is 2.25. The van der Waals surface area contributed by atoms with E-state index in [0.29, 0.717) is 0 Å². The quantitative estimate of drug-likeness (QED) is 0.751. The van der Waals surface area contributed by atoms with Crippen LogP contribution in [0.25, 0.3) is 0 Å². The minimum atomic E-state index is -0.0384. The molecule has 0 aromatic carbocycles. The third kappa shape index (κ3) is 3.97. The van der Waals surface area contributed by atoms with Crippen molar-refractivity contribution in [2.75, 3.05) is 13.1 Å². The van der Waals surface area contributed by atoms with Crippen LogP contribution in [0, 0.1) is 0 Å². The van der Waals surface area contributed by atoms with Crippen LogP contribution in [0.3, 0.4) is 0 Å². The molecule has 0 bridgehead atoms. The lowest BCUT2D eigenvalue weighted by molar-refractivity contribution is 0.116. The lowest BCUT2D eigenvalue weighted by atomic mass is 9.95. The predicted octanol–water partition coefficient (Wildman–Crippen LogP) is 2.38. The molecule has 0 aromatic heterocycles. The molecule has 0 radical (unpaired) electrons. The molecule has 1 rings (SSSR count). The van der Waals surface area contributed by atoms with Crippen molar-refractivity contribution in [3.05, 3.63) is 0 Å². The molecule has 1 aliphatic heterocycles. The number of nitrogens with zero attached hydrogens (tertiary/aromatic N) is 1. The Labute approximate surface area is 88.8 Å². The number of piperidine rings is 1. The average molecular weight is 198 g/mol. The zero-order valence-corrected chi connectivity index (χ0v) is 10.1. The molecular formula is C12H26N2. The number of nitrogens with two attached hydrogens (primary N) is 1. The second-order valence-electron chi connectivity index (χ2n) is 5.40. The van der Waals surface area contributed by atoms with Crippen LogP contribution in [0.2, 0.25) is 0 Å². The van der Waals surface area contributed by atoms with Gasteiger partial charge in [-0.2, -0.15) is 0 Å². The fraction of sp³-hybridized carbons (Fsp3) is 1.00. The maximum atomic E-state index is 6.08. The first kappa shape index (κ1) is 12.0. The lowest BCUT2D eigenvalue weighted by Crippen LogP contribution is -2.50. The summed E-state index contributed by atoms with van der Waals surface area (Å²) in [4.78, 5) is 2.60. The highest BCUT2D eigenvalue weighted by molar-refractivity contribution is 4.84. The number of rotatable bonds is 4. The lowest BCUT2D eigenvalue weighted by Gasteiger charge is -2.39. The van der Waals surface area contributed by atoms with E-state index in [2.05, 4.69) is 25.7 Å². The summed E-state index contributed by atoms with van der Waals surface area (Å²) in [6.45, 7) is 8.85. The normalized spacial score (nSPS) is 25.3. The van der Waals surface area contributed by atoms with Gasteiger partial charge in [-0.1, -0.05) is 19.8 Å². The molecule has 1 heterocycles. The molecule has 0 saturated carbocycles. The SMILES string of the molecule is CCCC1CCCCN1CC(C)(C)N. The first-order chi connectivity index (χ1) is 6.53. The van der Waals surface area contributed by atoms with Crippen molar-refractivity contribution in [3.8, 4) is 0 Å². The van der Waals surface area contributed by atoms with Crippen molar-refractivity contribution in [1.29, 1.82) is 0 Å². The van der Waals surface area contributed by atoms with E-state index in [1.165, 1.54) is 38.6 Å². The van der Waals surface area contributed by atoms with Gasteiger partial charge in [0.05, 0.1) is 0 Å². The third-order valence-electron chi connectivity index (χ3n) is 2.98. The molecule has 1 saturated heterocycles. The van der Waals surface area contributed by atoms with E-state index < -0.39 is 0 Å². The molecule has 2 nitrogen and oxygen atoms in total.